The molecule has 1 aliphatic heterocycles. The Balaban J connectivity index is 2.08. The summed E-state index contributed by atoms with van der Waals surface area (Å²) in [7, 11) is 0. The maximum Gasteiger partial charge on any atom is 0.254 e. The van der Waals surface area contributed by atoms with Crippen molar-refractivity contribution in [3.63, 3.8) is 0 Å². The maximum atomic E-state index is 13.2. The van der Waals surface area contributed by atoms with Gasteiger partial charge in [0.2, 0.25) is 0 Å². The normalized spacial score (nSPS) is 19.8. The van der Waals surface area contributed by atoms with Gasteiger partial charge >= 0.3 is 0 Å². The minimum atomic E-state index is -0.430. The second-order valence-corrected chi connectivity index (χ2v) is 4.53. The molecule has 0 aromatic carbocycles. The Morgan fingerprint density at radius 3 is 3.19 bits per heavy atom. The SMILES string of the molecule is O=C(Nc1nccc(F)c1I)[C@H]1CCCO1. The van der Waals surface area contributed by atoms with Gasteiger partial charge in [0.15, 0.2) is 0 Å². The third-order valence-corrected chi connectivity index (χ3v) is 3.33. The van der Waals surface area contributed by atoms with Crippen LogP contribution >= 0.6 is 22.6 Å². The van der Waals surface area contributed by atoms with Crippen LogP contribution in [-0.4, -0.2) is 23.6 Å². The molecule has 0 unspecified atom stereocenters. The van der Waals surface area contributed by atoms with E-state index in [0.717, 1.165) is 6.42 Å². The van der Waals surface area contributed by atoms with Crippen molar-refractivity contribution in [2.45, 2.75) is 18.9 Å². The highest BCUT2D eigenvalue weighted by molar-refractivity contribution is 14.1. The quantitative estimate of drug-likeness (QED) is 0.840. The van der Waals surface area contributed by atoms with Crippen LogP contribution in [-0.2, 0) is 9.53 Å². The van der Waals surface area contributed by atoms with Crippen LogP contribution in [0.25, 0.3) is 0 Å². The molecule has 0 spiro atoms. The van der Waals surface area contributed by atoms with Crippen molar-refractivity contribution in [3.8, 4) is 0 Å². The minimum Gasteiger partial charge on any atom is -0.368 e. The number of amides is 1. The van der Waals surface area contributed by atoms with E-state index in [1.54, 1.807) is 0 Å². The Bertz CT molecular complexity index is 408. The lowest BCUT2D eigenvalue weighted by molar-refractivity contribution is -0.124. The molecule has 1 aromatic heterocycles. The zero-order valence-electron chi connectivity index (χ0n) is 8.37. The Morgan fingerprint density at radius 2 is 2.50 bits per heavy atom. The fourth-order valence-corrected chi connectivity index (χ4v) is 1.94. The van der Waals surface area contributed by atoms with Crippen LogP contribution in [0.15, 0.2) is 12.3 Å². The average molecular weight is 336 g/mol. The lowest BCUT2D eigenvalue weighted by Gasteiger charge is -2.10. The van der Waals surface area contributed by atoms with Crippen molar-refractivity contribution in [1.82, 2.24) is 4.98 Å². The van der Waals surface area contributed by atoms with E-state index in [2.05, 4.69) is 10.3 Å². The molecule has 6 heteroatoms. The van der Waals surface area contributed by atoms with Gasteiger partial charge in [-0.3, -0.25) is 4.79 Å². The van der Waals surface area contributed by atoms with Crippen LogP contribution in [0.2, 0.25) is 0 Å². The number of halogens is 2. The first kappa shape index (κ1) is 11.7. The number of rotatable bonds is 2. The van der Waals surface area contributed by atoms with Crippen molar-refractivity contribution in [3.05, 3.63) is 21.7 Å². The molecule has 0 radical (unpaired) electrons. The summed E-state index contributed by atoms with van der Waals surface area (Å²) in [6, 6.07) is 1.25. The van der Waals surface area contributed by atoms with E-state index >= 15 is 0 Å². The summed E-state index contributed by atoms with van der Waals surface area (Å²) in [6.07, 6.45) is 2.48. The molecule has 2 heterocycles. The van der Waals surface area contributed by atoms with Crippen molar-refractivity contribution < 1.29 is 13.9 Å². The topological polar surface area (TPSA) is 51.2 Å². The highest BCUT2D eigenvalue weighted by atomic mass is 127. The molecular weight excluding hydrogens is 326 g/mol. The van der Waals surface area contributed by atoms with E-state index in [1.807, 2.05) is 22.6 Å². The second-order valence-electron chi connectivity index (χ2n) is 3.45. The van der Waals surface area contributed by atoms with Crippen molar-refractivity contribution in [2.75, 3.05) is 11.9 Å². The number of hydrogen-bond acceptors (Lipinski definition) is 3. The molecule has 2 rings (SSSR count). The van der Waals surface area contributed by atoms with E-state index < -0.39 is 11.9 Å². The minimum absolute atomic E-state index is 0.251. The highest BCUT2D eigenvalue weighted by Crippen LogP contribution is 2.20. The number of anilines is 1. The van der Waals surface area contributed by atoms with Crippen LogP contribution in [0.1, 0.15) is 12.8 Å². The fraction of sp³-hybridized carbons (Fsp3) is 0.400. The lowest BCUT2D eigenvalue weighted by atomic mass is 10.2. The van der Waals surface area contributed by atoms with Crippen molar-refractivity contribution in [2.24, 2.45) is 0 Å². The first-order valence-corrected chi connectivity index (χ1v) is 5.99. The van der Waals surface area contributed by atoms with Crippen LogP contribution in [0.4, 0.5) is 10.2 Å². The number of nitrogens with one attached hydrogen (secondary N) is 1. The maximum absolute atomic E-state index is 13.2. The Hall–Kier alpha value is -0.760. The zero-order valence-corrected chi connectivity index (χ0v) is 10.5. The highest BCUT2D eigenvalue weighted by Gasteiger charge is 2.24. The largest absolute Gasteiger partial charge is 0.368 e. The van der Waals surface area contributed by atoms with Crippen LogP contribution < -0.4 is 5.32 Å². The molecule has 1 fully saturated rings. The van der Waals surface area contributed by atoms with E-state index in [0.29, 0.717) is 16.6 Å². The number of carbonyl (C=O) groups is 1. The molecule has 16 heavy (non-hydrogen) atoms. The van der Waals surface area contributed by atoms with Gasteiger partial charge in [0, 0.05) is 12.8 Å². The molecular formula is C10H10FIN2O2. The van der Waals surface area contributed by atoms with E-state index in [9.17, 15) is 9.18 Å². The summed E-state index contributed by atoms with van der Waals surface area (Å²) < 4.78 is 18.7. The summed E-state index contributed by atoms with van der Waals surface area (Å²) in [4.78, 5) is 15.6. The molecule has 4 nitrogen and oxygen atoms in total. The molecule has 1 saturated heterocycles. The molecule has 1 N–H and O–H groups in total. The summed E-state index contributed by atoms with van der Waals surface area (Å²) in [5.74, 6) is -0.396. The first-order chi connectivity index (χ1) is 7.68. The van der Waals surface area contributed by atoms with Gasteiger partial charge in [0.25, 0.3) is 5.91 Å². The van der Waals surface area contributed by atoms with Gasteiger partial charge in [0.1, 0.15) is 17.7 Å². The number of pyridine rings is 1. The van der Waals surface area contributed by atoms with Crippen LogP contribution in [0.5, 0.6) is 0 Å². The average Bonchev–Trinajstić information content (AvgIpc) is 2.78. The molecule has 1 amide bonds. The number of hydrogen-bond donors (Lipinski definition) is 1. The smallest absolute Gasteiger partial charge is 0.254 e. The van der Waals surface area contributed by atoms with Gasteiger partial charge in [-0.1, -0.05) is 0 Å². The van der Waals surface area contributed by atoms with Gasteiger partial charge in [0.05, 0.1) is 3.57 Å². The first-order valence-electron chi connectivity index (χ1n) is 4.91. The molecule has 0 aliphatic carbocycles. The van der Waals surface area contributed by atoms with Gasteiger partial charge in [-0.25, -0.2) is 9.37 Å². The van der Waals surface area contributed by atoms with Gasteiger partial charge in [-0.05, 0) is 41.5 Å². The Labute approximate surface area is 106 Å². The number of carbonyl (C=O) groups excluding carboxylic acids is 1. The van der Waals surface area contributed by atoms with Gasteiger partial charge in [-0.15, -0.1) is 0 Å². The van der Waals surface area contributed by atoms with E-state index in [1.165, 1.54) is 12.3 Å². The summed E-state index contributed by atoms with van der Waals surface area (Å²) in [6.45, 7) is 0.603. The van der Waals surface area contributed by atoms with Crippen molar-refractivity contribution in [1.29, 1.82) is 0 Å². The number of aromatic nitrogens is 1. The molecule has 0 saturated carbocycles. The van der Waals surface area contributed by atoms with Crippen LogP contribution in [0, 0.1) is 9.39 Å². The second kappa shape index (κ2) is 5.05. The van der Waals surface area contributed by atoms with Crippen molar-refractivity contribution >= 4 is 34.3 Å². The molecule has 1 aliphatic rings. The van der Waals surface area contributed by atoms with Gasteiger partial charge < -0.3 is 10.1 Å². The molecule has 1 atom stereocenters. The Kier molecular flexibility index (Phi) is 3.70. The molecule has 1 aromatic rings. The number of nitrogens with zero attached hydrogens (tertiary/aromatic N) is 1. The summed E-state index contributed by atoms with van der Waals surface area (Å²) in [5, 5.41) is 2.57. The molecule has 86 valence electrons. The standard InChI is InChI=1S/C10H10FIN2O2/c11-6-3-4-13-9(8(6)12)14-10(15)7-2-1-5-16-7/h3-4,7H,1-2,5H2,(H,13,14,15)/t7-/m1/s1. The fourth-order valence-electron chi connectivity index (χ4n) is 1.49. The van der Waals surface area contributed by atoms with Gasteiger partial charge in [-0.2, -0.15) is 0 Å². The summed E-state index contributed by atoms with van der Waals surface area (Å²) in [5.41, 5.74) is 0. The van der Waals surface area contributed by atoms with E-state index in [4.69, 9.17) is 4.74 Å². The van der Waals surface area contributed by atoms with Crippen LogP contribution in [0.3, 0.4) is 0 Å². The summed E-state index contributed by atoms with van der Waals surface area (Å²) >= 11 is 1.81. The zero-order chi connectivity index (χ0) is 11.5. The van der Waals surface area contributed by atoms with E-state index in [-0.39, 0.29) is 11.7 Å². The lowest BCUT2D eigenvalue weighted by Crippen LogP contribution is -2.27. The predicted molar refractivity (Wildman–Crippen MR) is 64.5 cm³/mol. The molecule has 0 bridgehead atoms. The Morgan fingerprint density at radius 1 is 1.69 bits per heavy atom. The monoisotopic (exact) mass is 336 g/mol. The number of ether oxygens (including phenoxy) is 1. The third-order valence-electron chi connectivity index (χ3n) is 2.31. The predicted octanol–water partition coefficient (Wildman–Crippen LogP) is 1.94. The third kappa shape index (κ3) is 2.49.